The minimum atomic E-state index is 0.769. The van der Waals surface area contributed by atoms with Crippen molar-refractivity contribution in [2.45, 2.75) is 39.5 Å². The summed E-state index contributed by atoms with van der Waals surface area (Å²) in [4.78, 5) is 0. The summed E-state index contributed by atoms with van der Waals surface area (Å²) in [5.41, 5.74) is 7.81. The Hall–Kier alpha value is -3.09. The van der Waals surface area contributed by atoms with Crippen molar-refractivity contribution in [3.05, 3.63) is 107 Å². The highest BCUT2D eigenvalue weighted by Gasteiger charge is 2.17. The molecule has 0 aliphatic rings. The van der Waals surface area contributed by atoms with Crippen LogP contribution in [0, 0.1) is 0 Å². The first kappa shape index (κ1) is 21.7. The maximum absolute atomic E-state index is 6.55. The van der Waals surface area contributed by atoms with E-state index in [1.54, 1.807) is 0 Å². The molecule has 0 unspecified atom stereocenters. The SMILES string of the molecule is CCCc1ccc(-c2c3ccccc3c(-c3ccc(CCC)cc3)c3cc(Cl)ccc23)cc1. The van der Waals surface area contributed by atoms with Gasteiger partial charge in [0.2, 0.25) is 0 Å². The number of benzene rings is 5. The standard InChI is InChI=1S/C32H29Cl/c1-3-7-22-11-15-24(16-12-22)31-27-9-5-6-10-28(27)32(30-21-26(33)19-20-29(30)31)25-17-13-23(8-4-2)14-18-25/h5-6,9-21H,3-4,7-8H2,1-2H3. The van der Waals surface area contributed by atoms with Crippen LogP contribution in [0.4, 0.5) is 0 Å². The maximum atomic E-state index is 6.55. The molecule has 0 amide bonds. The average molecular weight is 449 g/mol. The second-order valence-corrected chi connectivity index (χ2v) is 9.32. The van der Waals surface area contributed by atoms with Gasteiger partial charge in [-0.05, 0) is 79.9 Å². The molecule has 0 atom stereocenters. The van der Waals surface area contributed by atoms with Crippen molar-refractivity contribution < 1.29 is 0 Å². The molecule has 0 radical (unpaired) electrons. The van der Waals surface area contributed by atoms with Crippen molar-refractivity contribution in [1.29, 1.82) is 0 Å². The van der Waals surface area contributed by atoms with Crippen LogP contribution in [0.25, 0.3) is 43.8 Å². The van der Waals surface area contributed by atoms with E-state index in [2.05, 4.69) is 98.8 Å². The number of fused-ring (bicyclic) bond motifs is 2. The van der Waals surface area contributed by atoms with E-state index in [4.69, 9.17) is 11.6 Å². The highest BCUT2D eigenvalue weighted by atomic mass is 35.5. The lowest BCUT2D eigenvalue weighted by molar-refractivity contribution is 0.922. The molecule has 0 spiro atoms. The summed E-state index contributed by atoms with van der Waals surface area (Å²) in [5.74, 6) is 0. The van der Waals surface area contributed by atoms with Gasteiger partial charge in [0.25, 0.3) is 0 Å². The van der Waals surface area contributed by atoms with E-state index in [0.29, 0.717) is 0 Å². The molecule has 0 N–H and O–H groups in total. The van der Waals surface area contributed by atoms with Crippen LogP contribution in [-0.2, 0) is 12.8 Å². The summed E-state index contributed by atoms with van der Waals surface area (Å²) < 4.78 is 0. The fourth-order valence-corrected chi connectivity index (χ4v) is 5.20. The molecule has 0 saturated heterocycles. The Morgan fingerprint density at radius 1 is 0.515 bits per heavy atom. The fourth-order valence-electron chi connectivity index (χ4n) is 5.03. The highest BCUT2D eigenvalue weighted by molar-refractivity contribution is 6.32. The number of aryl methyl sites for hydroxylation is 2. The van der Waals surface area contributed by atoms with E-state index in [0.717, 1.165) is 30.7 Å². The lowest BCUT2D eigenvalue weighted by Crippen LogP contribution is -1.92. The minimum Gasteiger partial charge on any atom is -0.0843 e. The number of hydrogen-bond acceptors (Lipinski definition) is 0. The molecule has 5 rings (SSSR count). The monoisotopic (exact) mass is 448 g/mol. The summed E-state index contributed by atoms with van der Waals surface area (Å²) in [5, 5.41) is 5.77. The molecule has 33 heavy (non-hydrogen) atoms. The van der Waals surface area contributed by atoms with Gasteiger partial charge in [0.05, 0.1) is 0 Å². The van der Waals surface area contributed by atoms with Crippen LogP contribution in [0.15, 0.2) is 91.0 Å². The molecule has 5 aromatic carbocycles. The van der Waals surface area contributed by atoms with E-state index in [1.165, 1.54) is 54.9 Å². The van der Waals surface area contributed by atoms with Gasteiger partial charge in [-0.3, -0.25) is 0 Å². The molecular weight excluding hydrogens is 420 g/mol. The first-order chi connectivity index (χ1) is 16.2. The van der Waals surface area contributed by atoms with Crippen molar-refractivity contribution in [1.82, 2.24) is 0 Å². The van der Waals surface area contributed by atoms with Crippen LogP contribution in [-0.4, -0.2) is 0 Å². The molecule has 0 aliphatic heterocycles. The van der Waals surface area contributed by atoms with Gasteiger partial charge >= 0.3 is 0 Å². The smallest absolute Gasteiger partial charge is 0.0412 e. The first-order valence-corrected chi connectivity index (χ1v) is 12.4. The van der Waals surface area contributed by atoms with Gasteiger partial charge in [0.1, 0.15) is 0 Å². The molecule has 0 bridgehead atoms. The molecule has 1 heteroatoms. The summed E-state index contributed by atoms with van der Waals surface area (Å²) in [6.07, 6.45) is 4.55. The predicted octanol–water partition coefficient (Wildman–Crippen LogP) is 9.89. The van der Waals surface area contributed by atoms with Gasteiger partial charge in [-0.1, -0.05) is 117 Å². The first-order valence-electron chi connectivity index (χ1n) is 12.0. The van der Waals surface area contributed by atoms with E-state index in [-0.39, 0.29) is 0 Å². The lowest BCUT2D eigenvalue weighted by Gasteiger charge is -2.18. The van der Waals surface area contributed by atoms with Gasteiger partial charge in [-0.15, -0.1) is 0 Å². The Labute approximate surface area is 201 Å². The van der Waals surface area contributed by atoms with Crippen LogP contribution >= 0.6 is 11.6 Å². The molecule has 0 aromatic heterocycles. The third-order valence-electron chi connectivity index (χ3n) is 6.55. The topological polar surface area (TPSA) is 0 Å². The largest absolute Gasteiger partial charge is 0.0843 e. The van der Waals surface area contributed by atoms with Crippen molar-refractivity contribution >= 4 is 33.1 Å². The van der Waals surface area contributed by atoms with Gasteiger partial charge < -0.3 is 0 Å². The van der Waals surface area contributed by atoms with Crippen LogP contribution in [0.5, 0.6) is 0 Å². The van der Waals surface area contributed by atoms with Crippen molar-refractivity contribution in [2.75, 3.05) is 0 Å². The van der Waals surface area contributed by atoms with Gasteiger partial charge in [-0.2, -0.15) is 0 Å². The third-order valence-corrected chi connectivity index (χ3v) is 6.78. The minimum absolute atomic E-state index is 0.769. The van der Waals surface area contributed by atoms with Crippen molar-refractivity contribution in [2.24, 2.45) is 0 Å². The zero-order chi connectivity index (χ0) is 22.8. The van der Waals surface area contributed by atoms with Crippen LogP contribution in [0.2, 0.25) is 5.02 Å². The maximum Gasteiger partial charge on any atom is 0.0412 e. The average Bonchev–Trinajstić information content (AvgIpc) is 2.84. The second kappa shape index (κ2) is 9.41. The van der Waals surface area contributed by atoms with E-state index in [9.17, 15) is 0 Å². The molecule has 164 valence electrons. The fraction of sp³-hybridized carbons (Fsp3) is 0.188. The summed E-state index contributed by atoms with van der Waals surface area (Å²) in [6.45, 7) is 4.45. The summed E-state index contributed by atoms with van der Waals surface area (Å²) in [6, 6.07) is 33.3. The Balaban J connectivity index is 1.82. The Morgan fingerprint density at radius 3 is 1.45 bits per heavy atom. The molecule has 0 saturated carbocycles. The lowest BCUT2D eigenvalue weighted by atomic mass is 9.85. The molecule has 5 aromatic rings. The summed E-state index contributed by atoms with van der Waals surface area (Å²) in [7, 11) is 0. The quantitative estimate of drug-likeness (QED) is 0.227. The Morgan fingerprint density at radius 2 is 0.970 bits per heavy atom. The van der Waals surface area contributed by atoms with Crippen molar-refractivity contribution in [3.63, 3.8) is 0 Å². The normalized spacial score (nSPS) is 11.4. The third kappa shape index (κ3) is 4.16. The Bertz CT molecular complexity index is 1410. The zero-order valence-corrected chi connectivity index (χ0v) is 20.1. The van der Waals surface area contributed by atoms with Gasteiger partial charge in [-0.25, -0.2) is 0 Å². The molecule has 0 heterocycles. The van der Waals surface area contributed by atoms with Crippen molar-refractivity contribution in [3.8, 4) is 22.3 Å². The number of hydrogen-bond donors (Lipinski definition) is 0. The molecule has 0 fully saturated rings. The number of halogens is 1. The number of rotatable bonds is 6. The summed E-state index contributed by atoms with van der Waals surface area (Å²) >= 11 is 6.55. The van der Waals surface area contributed by atoms with Gasteiger partial charge in [0, 0.05) is 5.02 Å². The van der Waals surface area contributed by atoms with Crippen LogP contribution in [0.3, 0.4) is 0 Å². The molecular formula is C32H29Cl. The molecule has 0 nitrogen and oxygen atoms in total. The second-order valence-electron chi connectivity index (χ2n) is 8.88. The van der Waals surface area contributed by atoms with Crippen LogP contribution in [0.1, 0.15) is 37.8 Å². The van der Waals surface area contributed by atoms with E-state index in [1.807, 2.05) is 6.07 Å². The van der Waals surface area contributed by atoms with E-state index >= 15 is 0 Å². The van der Waals surface area contributed by atoms with E-state index < -0.39 is 0 Å². The Kier molecular flexibility index (Phi) is 6.20. The van der Waals surface area contributed by atoms with Gasteiger partial charge in [0.15, 0.2) is 0 Å². The zero-order valence-electron chi connectivity index (χ0n) is 19.4. The highest BCUT2D eigenvalue weighted by Crippen LogP contribution is 2.44. The predicted molar refractivity (Wildman–Crippen MR) is 145 cm³/mol. The van der Waals surface area contributed by atoms with Crippen LogP contribution < -0.4 is 0 Å². The molecule has 0 aliphatic carbocycles.